The van der Waals surface area contributed by atoms with Crippen molar-refractivity contribution in [3.63, 3.8) is 0 Å². The van der Waals surface area contributed by atoms with Gasteiger partial charge in [0.15, 0.2) is 0 Å². The van der Waals surface area contributed by atoms with E-state index in [0.29, 0.717) is 5.92 Å². The SMILES string of the molecule is Nc1cc(C2CCCNC2)cnc1F. The average Bonchev–Trinajstić information content (AvgIpc) is 2.23. The molecule has 0 spiro atoms. The minimum absolute atomic E-state index is 0.146. The number of pyridine rings is 1. The summed E-state index contributed by atoms with van der Waals surface area (Å²) in [5.74, 6) is -0.142. The van der Waals surface area contributed by atoms with Crippen molar-refractivity contribution in [3.8, 4) is 0 Å². The molecule has 1 fully saturated rings. The van der Waals surface area contributed by atoms with Crippen molar-refractivity contribution < 1.29 is 4.39 Å². The van der Waals surface area contributed by atoms with Crippen LogP contribution in [-0.2, 0) is 0 Å². The van der Waals surface area contributed by atoms with Crippen LogP contribution < -0.4 is 11.1 Å². The number of nitrogen functional groups attached to an aromatic ring is 1. The molecule has 0 radical (unpaired) electrons. The minimum atomic E-state index is -0.572. The molecule has 0 aromatic carbocycles. The smallest absolute Gasteiger partial charge is 0.235 e. The molecule has 0 aliphatic carbocycles. The molecule has 3 N–H and O–H groups in total. The van der Waals surface area contributed by atoms with Crippen LogP contribution in [0.4, 0.5) is 10.1 Å². The third-order valence-electron chi connectivity index (χ3n) is 2.66. The Balaban J connectivity index is 2.18. The van der Waals surface area contributed by atoms with E-state index >= 15 is 0 Å². The fourth-order valence-corrected chi connectivity index (χ4v) is 1.84. The monoisotopic (exact) mass is 195 g/mol. The Morgan fingerprint density at radius 1 is 1.57 bits per heavy atom. The lowest BCUT2D eigenvalue weighted by molar-refractivity contribution is 0.459. The van der Waals surface area contributed by atoms with Crippen molar-refractivity contribution in [1.82, 2.24) is 10.3 Å². The van der Waals surface area contributed by atoms with Gasteiger partial charge in [0.25, 0.3) is 0 Å². The van der Waals surface area contributed by atoms with Crippen LogP contribution in [0.15, 0.2) is 12.3 Å². The molecular weight excluding hydrogens is 181 g/mol. The second kappa shape index (κ2) is 3.92. The van der Waals surface area contributed by atoms with Gasteiger partial charge in [-0.3, -0.25) is 0 Å². The lowest BCUT2D eigenvalue weighted by Gasteiger charge is -2.22. The summed E-state index contributed by atoms with van der Waals surface area (Å²) in [4.78, 5) is 3.63. The fraction of sp³-hybridized carbons (Fsp3) is 0.500. The molecule has 1 atom stereocenters. The van der Waals surface area contributed by atoms with Gasteiger partial charge in [-0.05, 0) is 36.9 Å². The number of rotatable bonds is 1. The number of nitrogens with one attached hydrogen (secondary N) is 1. The second-order valence-corrected chi connectivity index (χ2v) is 3.69. The summed E-state index contributed by atoms with van der Waals surface area (Å²) >= 11 is 0. The summed E-state index contributed by atoms with van der Waals surface area (Å²) in [7, 11) is 0. The van der Waals surface area contributed by atoms with Gasteiger partial charge in [-0.2, -0.15) is 4.39 Å². The Morgan fingerprint density at radius 2 is 2.43 bits per heavy atom. The van der Waals surface area contributed by atoms with Crippen LogP contribution >= 0.6 is 0 Å². The predicted molar refractivity (Wildman–Crippen MR) is 53.5 cm³/mol. The molecule has 3 nitrogen and oxygen atoms in total. The molecule has 0 amide bonds. The minimum Gasteiger partial charge on any atom is -0.395 e. The number of hydrogen-bond donors (Lipinski definition) is 2. The number of anilines is 1. The summed E-state index contributed by atoms with van der Waals surface area (Å²) in [5.41, 5.74) is 6.65. The van der Waals surface area contributed by atoms with E-state index in [1.165, 1.54) is 0 Å². The third kappa shape index (κ3) is 1.85. The number of halogens is 1. The van der Waals surface area contributed by atoms with Gasteiger partial charge in [0.05, 0.1) is 5.69 Å². The molecular formula is C10H14FN3. The highest BCUT2D eigenvalue weighted by atomic mass is 19.1. The molecule has 2 rings (SSSR count). The first kappa shape index (κ1) is 9.40. The summed E-state index contributed by atoms with van der Waals surface area (Å²) < 4.78 is 12.8. The molecule has 0 bridgehead atoms. The van der Waals surface area contributed by atoms with Gasteiger partial charge >= 0.3 is 0 Å². The molecule has 14 heavy (non-hydrogen) atoms. The Kier molecular flexibility index (Phi) is 2.63. The molecule has 1 aliphatic rings. The fourth-order valence-electron chi connectivity index (χ4n) is 1.84. The Bertz CT molecular complexity index is 321. The molecule has 1 aromatic heterocycles. The molecule has 76 valence electrons. The molecule has 1 aromatic rings. The molecule has 1 saturated heterocycles. The van der Waals surface area contributed by atoms with E-state index in [4.69, 9.17) is 5.73 Å². The van der Waals surface area contributed by atoms with E-state index < -0.39 is 5.95 Å². The zero-order valence-corrected chi connectivity index (χ0v) is 7.96. The largest absolute Gasteiger partial charge is 0.395 e. The van der Waals surface area contributed by atoms with E-state index in [1.54, 1.807) is 12.3 Å². The van der Waals surface area contributed by atoms with Crippen LogP contribution in [0.2, 0.25) is 0 Å². The summed E-state index contributed by atoms with van der Waals surface area (Å²) in [5, 5.41) is 3.31. The van der Waals surface area contributed by atoms with E-state index in [9.17, 15) is 4.39 Å². The maximum atomic E-state index is 12.8. The summed E-state index contributed by atoms with van der Waals surface area (Å²) in [6, 6.07) is 1.69. The normalized spacial score (nSPS) is 22.2. The number of nitrogens with two attached hydrogens (primary N) is 1. The van der Waals surface area contributed by atoms with Crippen molar-refractivity contribution in [1.29, 1.82) is 0 Å². The molecule has 1 aliphatic heterocycles. The van der Waals surface area contributed by atoms with Crippen LogP contribution in [0.3, 0.4) is 0 Å². The van der Waals surface area contributed by atoms with Crippen molar-refractivity contribution in [2.75, 3.05) is 18.8 Å². The summed E-state index contributed by atoms with van der Waals surface area (Å²) in [6.07, 6.45) is 3.87. The second-order valence-electron chi connectivity index (χ2n) is 3.69. The lowest BCUT2D eigenvalue weighted by atomic mass is 9.93. The maximum absolute atomic E-state index is 12.8. The van der Waals surface area contributed by atoms with Crippen LogP contribution in [-0.4, -0.2) is 18.1 Å². The van der Waals surface area contributed by atoms with Gasteiger partial charge in [-0.1, -0.05) is 0 Å². The van der Waals surface area contributed by atoms with Crippen LogP contribution in [0.5, 0.6) is 0 Å². The highest BCUT2D eigenvalue weighted by molar-refractivity contribution is 5.40. The number of nitrogens with zero attached hydrogens (tertiary/aromatic N) is 1. The van der Waals surface area contributed by atoms with Crippen molar-refractivity contribution >= 4 is 5.69 Å². The quantitative estimate of drug-likeness (QED) is 0.663. The van der Waals surface area contributed by atoms with Gasteiger partial charge in [0.2, 0.25) is 5.95 Å². The van der Waals surface area contributed by atoms with Crippen LogP contribution in [0, 0.1) is 5.95 Å². The van der Waals surface area contributed by atoms with Gasteiger partial charge in [0.1, 0.15) is 0 Å². The van der Waals surface area contributed by atoms with Crippen LogP contribution in [0.25, 0.3) is 0 Å². The number of piperidine rings is 1. The van der Waals surface area contributed by atoms with Gasteiger partial charge in [0, 0.05) is 12.7 Å². The predicted octanol–water partition coefficient (Wildman–Crippen LogP) is 1.27. The van der Waals surface area contributed by atoms with Crippen LogP contribution in [0.1, 0.15) is 24.3 Å². The standard InChI is InChI=1S/C10H14FN3/c11-10-9(12)4-8(6-14-10)7-2-1-3-13-5-7/h4,6-7,13H,1-3,5,12H2. The van der Waals surface area contributed by atoms with E-state index in [-0.39, 0.29) is 5.69 Å². The topological polar surface area (TPSA) is 50.9 Å². The van der Waals surface area contributed by atoms with Crippen molar-refractivity contribution in [2.24, 2.45) is 0 Å². The zero-order valence-electron chi connectivity index (χ0n) is 7.96. The Labute approximate surface area is 82.5 Å². The molecule has 1 unspecified atom stereocenters. The zero-order chi connectivity index (χ0) is 9.97. The van der Waals surface area contributed by atoms with E-state index in [0.717, 1.165) is 31.5 Å². The average molecular weight is 195 g/mol. The number of aromatic nitrogens is 1. The van der Waals surface area contributed by atoms with Crippen molar-refractivity contribution in [3.05, 3.63) is 23.8 Å². The summed E-state index contributed by atoms with van der Waals surface area (Å²) in [6.45, 7) is 2.01. The van der Waals surface area contributed by atoms with Crippen molar-refractivity contribution in [2.45, 2.75) is 18.8 Å². The highest BCUT2D eigenvalue weighted by Crippen LogP contribution is 2.24. The first-order valence-electron chi connectivity index (χ1n) is 4.89. The molecule has 2 heterocycles. The first-order chi connectivity index (χ1) is 6.77. The lowest BCUT2D eigenvalue weighted by Crippen LogP contribution is -2.28. The van der Waals surface area contributed by atoms with E-state index in [2.05, 4.69) is 10.3 Å². The van der Waals surface area contributed by atoms with Gasteiger partial charge in [-0.25, -0.2) is 4.98 Å². The Hall–Kier alpha value is -1.16. The Morgan fingerprint density at radius 3 is 3.07 bits per heavy atom. The molecule has 4 heteroatoms. The maximum Gasteiger partial charge on any atom is 0.235 e. The number of hydrogen-bond acceptors (Lipinski definition) is 3. The van der Waals surface area contributed by atoms with Gasteiger partial charge in [-0.15, -0.1) is 0 Å². The molecule has 0 saturated carbocycles. The van der Waals surface area contributed by atoms with E-state index in [1.807, 2.05) is 0 Å². The first-order valence-corrected chi connectivity index (χ1v) is 4.89. The third-order valence-corrected chi connectivity index (χ3v) is 2.66. The van der Waals surface area contributed by atoms with Gasteiger partial charge < -0.3 is 11.1 Å². The highest BCUT2D eigenvalue weighted by Gasteiger charge is 2.16.